The summed E-state index contributed by atoms with van der Waals surface area (Å²) in [4.78, 5) is 35.8. The fourth-order valence-electron chi connectivity index (χ4n) is 2.43. The topological polar surface area (TPSA) is 84.5 Å². The zero-order valence-corrected chi connectivity index (χ0v) is 15.4. The molecular formula is C20H20F2N2O4. The SMILES string of the molecule is CCC(=O)c1ccc(OCC(=O)NC(C(=O)NC)c2ccc(F)c(F)c2)cc1. The Kier molecular flexibility index (Phi) is 7.20. The molecule has 2 rings (SSSR count). The summed E-state index contributed by atoms with van der Waals surface area (Å²) in [6, 6.07) is 8.02. The Balaban J connectivity index is 2.02. The van der Waals surface area contributed by atoms with Crippen molar-refractivity contribution in [3.8, 4) is 5.75 Å². The number of rotatable bonds is 8. The van der Waals surface area contributed by atoms with Crippen molar-refractivity contribution >= 4 is 17.6 Å². The molecule has 0 fully saturated rings. The zero-order valence-electron chi connectivity index (χ0n) is 15.4. The van der Waals surface area contributed by atoms with Crippen molar-refractivity contribution in [2.24, 2.45) is 0 Å². The van der Waals surface area contributed by atoms with E-state index >= 15 is 0 Å². The smallest absolute Gasteiger partial charge is 0.258 e. The van der Waals surface area contributed by atoms with Crippen LogP contribution in [0, 0.1) is 11.6 Å². The summed E-state index contributed by atoms with van der Waals surface area (Å²) in [6.45, 7) is 1.35. The van der Waals surface area contributed by atoms with Gasteiger partial charge < -0.3 is 15.4 Å². The number of benzene rings is 2. The van der Waals surface area contributed by atoms with Crippen molar-refractivity contribution in [3.05, 3.63) is 65.2 Å². The van der Waals surface area contributed by atoms with E-state index in [1.165, 1.54) is 13.1 Å². The molecule has 1 unspecified atom stereocenters. The van der Waals surface area contributed by atoms with E-state index in [1.807, 2.05) is 0 Å². The van der Waals surface area contributed by atoms with Crippen molar-refractivity contribution in [2.45, 2.75) is 19.4 Å². The van der Waals surface area contributed by atoms with Crippen LogP contribution in [-0.2, 0) is 9.59 Å². The summed E-state index contributed by atoms with van der Waals surface area (Å²) < 4.78 is 31.9. The number of nitrogens with one attached hydrogen (secondary N) is 2. The first-order valence-electron chi connectivity index (χ1n) is 8.57. The van der Waals surface area contributed by atoms with Gasteiger partial charge in [-0.3, -0.25) is 14.4 Å². The summed E-state index contributed by atoms with van der Waals surface area (Å²) in [6.07, 6.45) is 0.382. The van der Waals surface area contributed by atoms with Gasteiger partial charge in [0.05, 0.1) is 0 Å². The van der Waals surface area contributed by atoms with Crippen molar-refractivity contribution in [1.82, 2.24) is 10.6 Å². The largest absolute Gasteiger partial charge is 0.484 e. The molecule has 0 heterocycles. The number of likely N-dealkylation sites (N-methyl/N-ethyl adjacent to an activating group) is 1. The van der Waals surface area contributed by atoms with Crippen LogP contribution in [0.3, 0.4) is 0 Å². The summed E-state index contributed by atoms with van der Waals surface area (Å²) >= 11 is 0. The van der Waals surface area contributed by atoms with Crippen LogP contribution in [0.25, 0.3) is 0 Å². The van der Waals surface area contributed by atoms with Crippen molar-refractivity contribution in [1.29, 1.82) is 0 Å². The highest BCUT2D eigenvalue weighted by molar-refractivity contribution is 5.95. The van der Waals surface area contributed by atoms with Gasteiger partial charge in [0.1, 0.15) is 11.8 Å². The molecule has 0 saturated carbocycles. The highest BCUT2D eigenvalue weighted by Gasteiger charge is 2.23. The van der Waals surface area contributed by atoms with Crippen molar-refractivity contribution in [3.63, 3.8) is 0 Å². The van der Waals surface area contributed by atoms with Crippen molar-refractivity contribution in [2.75, 3.05) is 13.7 Å². The Morgan fingerprint density at radius 3 is 2.29 bits per heavy atom. The van der Waals surface area contributed by atoms with E-state index < -0.39 is 36.1 Å². The molecule has 6 nitrogen and oxygen atoms in total. The minimum absolute atomic E-state index is 0.00996. The quantitative estimate of drug-likeness (QED) is 0.679. The van der Waals surface area contributed by atoms with Crippen LogP contribution < -0.4 is 15.4 Å². The fraction of sp³-hybridized carbons (Fsp3) is 0.250. The van der Waals surface area contributed by atoms with Gasteiger partial charge in [-0.05, 0) is 42.0 Å². The van der Waals surface area contributed by atoms with E-state index in [4.69, 9.17) is 4.74 Å². The van der Waals surface area contributed by atoms with E-state index in [2.05, 4.69) is 10.6 Å². The maximum atomic E-state index is 13.5. The van der Waals surface area contributed by atoms with Gasteiger partial charge >= 0.3 is 0 Å². The van der Waals surface area contributed by atoms with Gasteiger partial charge in [-0.2, -0.15) is 0 Å². The summed E-state index contributed by atoms with van der Waals surface area (Å²) in [5, 5.41) is 4.78. The normalized spacial score (nSPS) is 11.4. The highest BCUT2D eigenvalue weighted by Crippen LogP contribution is 2.17. The summed E-state index contributed by atoms with van der Waals surface area (Å²) in [5.74, 6) is -3.05. The third kappa shape index (κ3) is 5.35. The first kappa shape index (κ1) is 21.0. The Labute approximate surface area is 160 Å². The molecule has 148 valence electrons. The number of carbonyl (C=O) groups excluding carboxylic acids is 3. The lowest BCUT2D eigenvalue weighted by Gasteiger charge is -2.18. The lowest BCUT2D eigenvalue weighted by atomic mass is 10.1. The lowest BCUT2D eigenvalue weighted by Crippen LogP contribution is -2.41. The van der Waals surface area contributed by atoms with E-state index in [0.717, 1.165) is 12.1 Å². The number of ketones is 1. The van der Waals surface area contributed by atoms with Crippen LogP contribution in [0.2, 0.25) is 0 Å². The number of amides is 2. The number of halogens is 2. The van der Waals surface area contributed by atoms with Gasteiger partial charge in [-0.1, -0.05) is 13.0 Å². The molecule has 0 aliphatic carbocycles. The highest BCUT2D eigenvalue weighted by atomic mass is 19.2. The maximum absolute atomic E-state index is 13.5. The number of hydrogen-bond acceptors (Lipinski definition) is 4. The van der Waals surface area contributed by atoms with Crippen LogP contribution in [0.1, 0.15) is 35.3 Å². The zero-order chi connectivity index (χ0) is 20.7. The Hall–Kier alpha value is -3.29. The second-order valence-electron chi connectivity index (χ2n) is 5.88. The van der Waals surface area contributed by atoms with Crippen LogP contribution in [-0.4, -0.2) is 31.3 Å². The third-order valence-corrected chi connectivity index (χ3v) is 3.96. The van der Waals surface area contributed by atoms with Gasteiger partial charge in [-0.25, -0.2) is 8.78 Å². The number of Topliss-reactive ketones (excluding diaryl/α,β-unsaturated/α-hetero) is 1. The second-order valence-corrected chi connectivity index (χ2v) is 5.88. The van der Waals surface area contributed by atoms with E-state index in [0.29, 0.717) is 17.7 Å². The average molecular weight is 390 g/mol. The monoisotopic (exact) mass is 390 g/mol. The van der Waals surface area contributed by atoms with Gasteiger partial charge in [0.2, 0.25) is 5.91 Å². The van der Waals surface area contributed by atoms with Gasteiger partial charge in [0.15, 0.2) is 24.0 Å². The molecule has 0 bridgehead atoms. The van der Waals surface area contributed by atoms with E-state index in [-0.39, 0.29) is 11.3 Å². The molecule has 0 aliphatic heterocycles. The molecule has 2 aromatic rings. The minimum atomic E-state index is -1.21. The Bertz CT molecular complexity index is 869. The molecular weight excluding hydrogens is 370 g/mol. The van der Waals surface area contributed by atoms with E-state index in [9.17, 15) is 23.2 Å². The molecule has 28 heavy (non-hydrogen) atoms. The first-order chi connectivity index (χ1) is 13.3. The molecule has 0 aliphatic rings. The van der Waals surface area contributed by atoms with Crippen LogP contribution in [0.5, 0.6) is 5.75 Å². The number of carbonyl (C=O) groups is 3. The predicted octanol–water partition coefficient (Wildman–Crippen LogP) is 2.54. The third-order valence-electron chi connectivity index (χ3n) is 3.96. The molecule has 2 aromatic carbocycles. The summed E-state index contributed by atoms with van der Waals surface area (Å²) in [5.41, 5.74) is 0.631. The molecule has 0 saturated heterocycles. The molecule has 0 aromatic heterocycles. The number of ether oxygens (including phenoxy) is 1. The van der Waals surface area contributed by atoms with Gasteiger partial charge in [-0.15, -0.1) is 0 Å². The Morgan fingerprint density at radius 1 is 1.04 bits per heavy atom. The molecule has 1 atom stereocenters. The van der Waals surface area contributed by atoms with Crippen molar-refractivity contribution < 1.29 is 27.9 Å². The van der Waals surface area contributed by atoms with E-state index in [1.54, 1.807) is 31.2 Å². The predicted molar refractivity (Wildman–Crippen MR) is 97.9 cm³/mol. The van der Waals surface area contributed by atoms with Crippen LogP contribution in [0.15, 0.2) is 42.5 Å². The van der Waals surface area contributed by atoms with Crippen LogP contribution in [0.4, 0.5) is 8.78 Å². The van der Waals surface area contributed by atoms with Gasteiger partial charge in [0.25, 0.3) is 5.91 Å². The van der Waals surface area contributed by atoms with Gasteiger partial charge in [0, 0.05) is 19.0 Å². The average Bonchev–Trinajstić information content (AvgIpc) is 2.71. The second kappa shape index (κ2) is 9.59. The number of hydrogen-bond donors (Lipinski definition) is 2. The Morgan fingerprint density at radius 2 is 1.71 bits per heavy atom. The maximum Gasteiger partial charge on any atom is 0.258 e. The fourth-order valence-corrected chi connectivity index (χ4v) is 2.43. The molecule has 0 spiro atoms. The summed E-state index contributed by atoms with van der Waals surface area (Å²) in [7, 11) is 1.36. The lowest BCUT2D eigenvalue weighted by molar-refractivity contribution is -0.129. The first-order valence-corrected chi connectivity index (χ1v) is 8.57. The van der Waals surface area contributed by atoms with Crippen LogP contribution >= 0.6 is 0 Å². The molecule has 2 N–H and O–H groups in total. The molecule has 0 radical (unpaired) electrons. The molecule has 8 heteroatoms. The minimum Gasteiger partial charge on any atom is -0.484 e. The molecule has 2 amide bonds. The standard InChI is InChI=1S/C20H20F2N2O4/c1-3-17(25)12-4-7-14(8-5-12)28-11-18(26)24-19(20(27)23-2)13-6-9-15(21)16(22)10-13/h4-10,19H,3,11H2,1-2H3,(H,23,27)(H,24,26).